The molecule has 0 fully saturated rings. The highest BCUT2D eigenvalue weighted by atomic mass is 79.9. The molecular formula is C21H18BrNO4S. The maximum atomic E-state index is 12.4. The van der Waals surface area contributed by atoms with Gasteiger partial charge in [0.05, 0.1) is 6.61 Å². The van der Waals surface area contributed by atoms with Gasteiger partial charge in [-0.05, 0) is 42.8 Å². The summed E-state index contributed by atoms with van der Waals surface area (Å²) in [5.74, 6) is -0.357. The van der Waals surface area contributed by atoms with Crippen molar-refractivity contribution in [1.82, 2.24) is 0 Å². The summed E-state index contributed by atoms with van der Waals surface area (Å²) < 4.78 is 13.0. The number of rotatable bonds is 7. The van der Waals surface area contributed by atoms with Crippen molar-refractivity contribution in [2.24, 2.45) is 5.73 Å². The van der Waals surface area contributed by atoms with Crippen molar-refractivity contribution < 1.29 is 19.1 Å². The Kier molecular flexibility index (Phi) is 6.16. The quantitative estimate of drug-likeness (QED) is 0.494. The van der Waals surface area contributed by atoms with Crippen LogP contribution in [0, 0.1) is 0 Å². The van der Waals surface area contributed by atoms with Crippen LogP contribution < -0.4 is 10.5 Å². The van der Waals surface area contributed by atoms with Gasteiger partial charge in [0.15, 0.2) is 0 Å². The van der Waals surface area contributed by atoms with Gasteiger partial charge in [-0.2, -0.15) is 0 Å². The Hall–Kier alpha value is -2.64. The van der Waals surface area contributed by atoms with Crippen LogP contribution >= 0.6 is 27.3 Å². The minimum absolute atomic E-state index is 0.170. The van der Waals surface area contributed by atoms with E-state index in [0.717, 1.165) is 20.1 Å². The molecule has 0 aliphatic heterocycles. The van der Waals surface area contributed by atoms with Crippen LogP contribution in [0.3, 0.4) is 0 Å². The molecule has 0 unspecified atom stereocenters. The number of amides is 1. The van der Waals surface area contributed by atoms with Crippen molar-refractivity contribution in [3.05, 3.63) is 69.0 Å². The minimum atomic E-state index is -0.529. The molecule has 3 rings (SSSR count). The molecular weight excluding hydrogens is 442 g/mol. The molecule has 7 heteroatoms. The van der Waals surface area contributed by atoms with Crippen LogP contribution in [0.2, 0.25) is 0 Å². The second kappa shape index (κ2) is 8.58. The van der Waals surface area contributed by atoms with E-state index in [2.05, 4.69) is 22.5 Å². The van der Waals surface area contributed by atoms with Crippen molar-refractivity contribution in [2.45, 2.75) is 13.5 Å². The number of thiophene rings is 1. The lowest BCUT2D eigenvalue weighted by molar-refractivity contribution is 0.0529. The molecule has 0 atom stereocenters. The van der Waals surface area contributed by atoms with Gasteiger partial charge in [-0.3, -0.25) is 4.79 Å². The van der Waals surface area contributed by atoms with E-state index in [1.165, 1.54) is 11.3 Å². The molecule has 0 bridgehead atoms. The lowest BCUT2D eigenvalue weighted by Crippen LogP contribution is -2.12. The Morgan fingerprint density at radius 2 is 2.07 bits per heavy atom. The van der Waals surface area contributed by atoms with E-state index >= 15 is 0 Å². The number of ether oxygens (including phenoxy) is 2. The first kappa shape index (κ1) is 20.1. The summed E-state index contributed by atoms with van der Waals surface area (Å²) in [6.45, 7) is 5.95. The van der Waals surface area contributed by atoms with Crippen molar-refractivity contribution >= 4 is 55.3 Å². The third kappa shape index (κ3) is 3.95. The summed E-state index contributed by atoms with van der Waals surface area (Å²) in [4.78, 5) is 24.4. The number of hydrogen-bond acceptors (Lipinski definition) is 5. The zero-order valence-corrected chi connectivity index (χ0v) is 17.6. The first-order valence-corrected chi connectivity index (χ1v) is 10.1. The third-order valence-electron chi connectivity index (χ3n) is 4.12. The molecule has 2 aromatic carbocycles. The van der Waals surface area contributed by atoms with E-state index in [1.807, 2.05) is 18.2 Å². The van der Waals surface area contributed by atoms with Gasteiger partial charge in [-0.1, -0.05) is 34.7 Å². The maximum absolute atomic E-state index is 12.4. The SMILES string of the molecule is C=Cc1cc(OCc2c(C(=O)OCC)sc3cccc(Br)c23)ccc1C(N)=O. The topological polar surface area (TPSA) is 78.6 Å². The molecule has 1 heterocycles. The first-order chi connectivity index (χ1) is 13.5. The van der Waals surface area contributed by atoms with E-state index in [9.17, 15) is 9.59 Å². The molecule has 1 amide bonds. The van der Waals surface area contributed by atoms with Gasteiger partial charge >= 0.3 is 5.97 Å². The molecule has 2 N–H and O–H groups in total. The van der Waals surface area contributed by atoms with E-state index in [0.29, 0.717) is 28.4 Å². The summed E-state index contributed by atoms with van der Waals surface area (Å²) in [7, 11) is 0. The molecule has 28 heavy (non-hydrogen) atoms. The fourth-order valence-electron chi connectivity index (χ4n) is 2.85. The van der Waals surface area contributed by atoms with Gasteiger partial charge in [0.25, 0.3) is 0 Å². The van der Waals surface area contributed by atoms with Crippen LogP contribution in [-0.2, 0) is 11.3 Å². The first-order valence-electron chi connectivity index (χ1n) is 8.52. The normalized spacial score (nSPS) is 10.6. The van der Waals surface area contributed by atoms with Crippen LogP contribution in [0.15, 0.2) is 47.4 Å². The third-order valence-corrected chi connectivity index (χ3v) is 5.95. The maximum Gasteiger partial charge on any atom is 0.348 e. The average molecular weight is 460 g/mol. The highest BCUT2D eigenvalue weighted by Crippen LogP contribution is 2.37. The number of carbonyl (C=O) groups is 2. The van der Waals surface area contributed by atoms with Crippen molar-refractivity contribution in [3.8, 4) is 5.75 Å². The second-order valence-electron chi connectivity index (χ2n) is 5.85. The van der Waals surface area contributed by atoms with Crippen LogP contribution in [-0.4, -0.2) is 18.5 Å². The molecule has 144 valence electrons. The lowest BCUT2D eigenvalue weighted by Gasteiger charge is -2.10. The van der Waals surface area contributed by atoms with Crippen LogP contribution in [0.1, 0.15) is 38.1 Å². The number of halogens is 1. The molecule has 0 saturated carbocycles. The van der Waals surface area contributed by atoms with Gasteiger partial charge in [0.1, 0.15) is 17.2 Å². The Balaban J connectivity index is 1.98. The Bertz CT molecular complexity index is 1070. The van der Waals surface area contributed by atoms with Crippen molar-refractivity contribution in [1.29, 1.82) is 0 Å². The van der Waals surface area contributed by atoms with Crippen molar-refractivity contribution in [2.75, 3.05) is 6.61 Å². The second-order valence-corrected chi connectivity index (χ2v) is 7.76. The zero-order valence-electron chi connectivity index (χ0n) is 15.2. The van der Waals surface area contributed by atoms with E-state index in [1.54, 1.807) is 31.2 Å². The van der Waals surface area contributed by atoms with E-state index in [-0.39, 0.29) is 12.6 Å². The number of carbonyl (C=O) groups excluding carboxylic acids is 2. The summed E-state index contributed by atoms with van der Waals surface area (Å²) in [6.07, 6.45) is 1.55. The van der Waals surface area contributed by atoms with Gasteiger partial charge in [-0.15, -0.1) is 11.3 Å². The number of nitrogens with two attached hydrogens (primary N) is 1. The summed E-state index contributed by atoms with van der Waals surface area (Å²) >= 11 is 4.93. The summed E-state index contributed by atoms with van der Waals surface area (Å²) in [5.41, 5.74) is 7.09. The number of primary amides is 1. The number of benzene rings is 2. The monoisotopic (exact) mass is 459 g/mol. The molecule has 0 aliphatic carbocycles. The fraction of sp³-hybridized carbons (Fsp3) is 0.143. The molecule has 5 nitrogen and oxygen atoms in total. The molecule has 0 radical (unpaired) electrons. The largest absolute Gasteiger partial charge is 0.489 e. The van der Waals surface area contributed by atoms with Gasteiger partial charge in [-0.25, -0.2) is 4.79 Å². The van der Waals surface area contributed by atoms with E-state index < -0.39 is 5.91 Å². The fourth-order valence-corrected chi connectivity index (χ4v) is 4.71. The molecule has 1 aromatic heterocycles. The van der Waals surface area contributed by atoms with E-state index in [4.69, 9.17) is 15.2 Å². The molecule has 3 aromatic rings. The Morgan fingerprint density at radius 3 is 2.75 bits per heavy atom. The summed E-state index contributed by atoms with van der Waals surface area (Å²) in [5, 5.41) is 0.924. The molecule has 0 spiro atoms. The number of hydrogen-bond donors (Lipinski definition) is 1. The molecule has 0 aliphatic rings. The van der Waals surface area contributed by atoms with Gasteiger partial charge in [0.2, 0.25) is 5.91 Å². The van der Waals surface area contributed by atoms with Crippen molar-refractivity contribution in [3.63, 3.8) is 0 Å². The lowest BCUT2D eigenvalue weighted by atomic mass is 10.1. The standard InChI is InChI=1S/C21H18BrNO4S/c1-3-12-10-13(8-9-14(12)20(23)24)27-11-15-18-16(22)6-5-7-17(18)28-19(15)21(25)26-4-2/h3,5-10H,1,4,11H2,2H3,(H2,23,24). The van der Waals surface area contributed by atoms with Gasteiger partial charge < -0.3 is 15.2 Å². The van der Waals surface area contributed by atoms with Crippen LogP contribution in [0.5, 0.6) is 5.75 Å². The number of fused-ring (bicyclic) bond motifs is 1. The van der Waals surface area contributed by atoms with Crippen LogP contribution in [0.25, 0.3) is 16.2 Å². The van der Waals surface area contributed by atoms with Gasteiger partial charge in [0, 0.05) is 25.7 Å². The predicted octanol–water partition coefficient (Wildman–Crippen LogP) is 5.16. The minimum Gasteiger partial charge on any atom is -0.489 e. The summed E-state index contributed by atoms with van der Waals surface area (Å²) in [6, 6.07) is 10.8. The highest BCUT2D eigenvalue weighted by molar-refractivity contribution is 9.10. The highest BCUT2D eigenvalue weighted by Gasteiger charge is 2.21. The molecule has 0 saturated heterocycles. The Labute approximate surface area is 174 Å². The zero-order chi connectivity index (χ0) is 20.3. The smallest absolute Gasteiger partial charge is 0.348 e. The average Bonchev–Trinajstić information content (AvgIpc) is 3.06. The van der Waals surface area contributed by atoms with Crippen LogP contribution in [0.4, 0.5) is 0 Å². The Morgan fingerprint density at radius 1 is 1.29 bits per heavy atom. The number of esters is 1. The predicted molar refractivity (Wildman–Crippen MR) is 115 cm³/mol.